The van der Waals surface area contributed by atoms with Gasteiger partial charge in [-0.3, -0.25) is 4.79 Å². The molecule has 3 N–H and O–H groups in total. The van der Waals surface area contributed by atoms with Crippen LogP contribution in [0.3, 0.4) is 0 Å². The van der Waals surface area contributed by atoms with Crippen molar-refractivity contribution < 1.29 is 27.6 Å². The summed E-state index contributed by atoms with van der Waals surface area (Å²) in [7, 11) is 0. The van der Waals surface area contributed by atoms with E-state index in [1.807, 2.05) is 0 Å². The average molecular weight is 451 g/mol. The normalized spacial score (nSPS) is 21.5. The van der Waals surface area contributed by atoms with Crippen molar-refractivity contribution in [1.82, 2.24) is 15.8 Å². The Bertz CT molecular complexity index is 923. The number of rotatable bonds is 8. The smallest absolute Gasteiger partial charge is 0.393 e. The third-order valence-electron chi connectivity index (χ3n) is 6.19. The van der Waals surface area contributed by atoms with Gasteiger partial charge in [-0.1, -0.05) is 30.1 Å². The van der Waals surface area contributed by atoms with Crippen LogP contribution in [-0.4, -0.2) is 34.9 Å². The highest BCUT2D eigenvalue weighted by Crippen LogP contribution is 2.33. The Labute approximate surface area is 184 Å². The predicted molar refractivity (Wildman–Crippen MR) is 112 cm³/mol. The van der Waals surface area contributed by atoms with Gasteiger partial charge in [-0.05, 0) is 56.7 Å². The highest BCUT2D eigenvalue weighted by Gasteiger charge is 2.31. The van der Waals surface area contributed by atoms with Crippen molar-refractivity contribution in [2.45, 2.75) is 69.8 Å². The number of nitrogens with one attached hydrogen (secondary N) is 2. The third kappa shape index (κ3) is 5.69. The molecule has 1 aromatic heterocycles. The van der Waals surface area contributed by atoms with Crippen molar-refractivity contribution in [3.63, 3.8) is 0 Å². The van der Waals surface area contributed by atoms with E-state index in [4.69, 9.17) is 4.52 Å². The maximum absolute atomic E-state index is 12.9. The topological polar surface area (TPSA) is 87.4 Å². The summed E-state index contributed by atoms with van der Waals surface area (Å²) < 4.78 is 44.2. The van der Waals surface area contributed by atoms with Gasteiger partial charge in [0.05, 0.1) is 11.7 Å². The maximum atomic E-state index is 12.9. The van der Waals surface area contributed by atoms with Gasteiger partial charge in [0.1, 0.15) is 0 Å². The molecule has 2 aliphatic rings. The number of benzene rings is 1. The monoisotopic (exact) mass is 451 g/mol. The van der Waals surface area contributed by atoms with E-state index in [2.05, 4.69) is 15.8 Å². The molecule has 2 atom stereocenters. The van der Waals surface area contributed by atoms with Gasteiger partial charge in [0.15, 0.2) is 11.5 Å². The molecule has 1 heterocycles. The number of halogens is 3. The van der Waals surface area contributed by atoms with Gasteiger partial charge in [-0.15, -0.1) is 0 Å². The number of carbonyl (C=O) groups excluding carboxylic acids is 1. The van der Waals surface area contributed by atoms with Crippen molar-refractivity contribution in [3.8, 4) is 11.3 Å². The first-order chi connectivity index (χ1) is 15.3. The largest absolute Gasteiger partial charge is 0.416 e. The number of aromatic nitrogens is 1. The zero-order chi connectivity index (χ0) is 22.7. The quantitative estimate of drug-likeness (QED) is 0.522. The van der Waals surface area contributed by atoms with Crippen LogP contribution >= 0.6 is 0 Å². The fraction of sp³-hybridized carbons (Fsp3) is 0.565. The second kappa shape index (κ2) is 9.62. The van der Waals surface area contributed by atoms with E-state index in [-0.39, 0.29) is 17.5 Å². The molecule has 1 amide bonds. The lowest BCUT2D eigenvalue weighted by molar-refractivity contribution is -0.137. The molecular formula is C23H28F3N3O3. The number of aliphatic hydroxyl groups is 1. The first-order valence-corrected chi connectivity index (χ1v) is 11.2. The Morgan fingerprint density at radius 1 is 1.16 bits per heavy atom. The molecule has 4 rings (SSSR count). The van der Waals surface area contributed by atoms with Crippen LogP contribution < -0.4 is 10.6 Å². The molecule has 0 bridgehead atoms. The standard InChI is InChI=1S/C23H28F3N3O3/c24-23(25,26)16-8-6-15(7-9-16)21-19(13-27-11-10-14-4-5-14)20(29-32-21)22(31)28-17-2-1-3-18(30)12-17/h6-9,14,17-18,27,30H,1-5,10-13H2,(H,28,31)/t17-,18+/m1/s1. The SMILES string of the molecule is O=C(N[C@@H]1CCC[C@H](O)C1)c1noc(-c2ccc(C(F)(F)F)cc2)c1CNCCC1CC1. The highest BCUT2D eigenvalue weighted by atomic mass is 19.4. The number of hydrogen-bond acceptors (Lipinski definition) is 5. The molecule has 0 unspecified atom stereocenters. The van der Waals surface area contributed by atoms with Crippen molar-refractivity contribution >= 4 is 5.91 Å². The van der Waals surface area contributed by atoms with Crippen LogP contribution in [0, 0.1) is 5.92 Å². The van der Waals surface area contributed by atoms with Crippen LogP contribution in [0.15, 0.2) is 28.8 Å². The Hall–Kier alpha value is -2.39. The van der Waals surface area contributed by atoms with E-state index in [9.17, 15) is 23.1 Å². The summed E-state index contributed by atoms with van der Waals surface area (Å²) >= 11 is 0. The van der Waals surface area contributed by atoms with Crippen molar-refractivity contribution in [2.24, 2.45) is 5.92 Å². The van der Waals surface area contributed by atoms with Crippen LogP contribution in [0.1, 0.15) is 66.6 Å². The van der Waals surface area contributed by atoms with Gasteiger partial charge in [-0.25, -0.2) is 0 Å². The molecule has 2 aliphatic carbocycles. The Balaban J connectivity index is 1.53. The molecule has 32 heavy (non-hydrogen) atoms. The third-order valence-corrected chi connectivity index (χ3v) is 6.19. The van der Waals surface area contributed by atoms with Gasteiger partial charge >= 0.3 is 6.18 Å². The number of aliphatic hydroxyl groups excluding tert-OH is 1. The zero-order valence-electron chi connectivity index (χ0n) is 17.8. The number of nitrogens with zero attached hydrogens (tertiary/aromatic N) is 1. The minimum atomic E-state index is -4.43. The summed E-state index contributed by atoms with van der Waals surface area (Å²) in [4.78, 5) is 12.9. The lowest BCUT2D eigenvalue weighted by atomic mass is 9.93. The molecule has 1 aromatic carbocycles. The first kappa shape index (κ1) is 22.8. The van der Waals surface area contributed by atoms with Gasteiger partial charge in [0.2, 0.25) is 0 Å². The van der Waals surface area contributed by atoms with Gasteiger partial charge in [0.25, 0.3) is 5.91 Å². The van der Waals surface area contributed by atoms with Crippen LogP contribution in [0.5, 0.6) is 0 Å². The number of amides is 1. The van der Waals surface area contributed by atoms with Gasteiger partial charge in [-0.2, -0.15) is 13.2 Å². The minimum Gasteiger partial charge on any atom is -0.393 e. The molecule has 9 heteroatoms. The highest BCUT2D eigenvalue weighted by molar-refractivity contribution is 5.95. The number of hydrogen-bond donors (Lipinski definition) is 3. The summed E-state index contributed by atoms with van der Waals surface area (Å²) in [5.74, 6) is 0.635. The predicted octanol–water partition coefficient (Wildman–Crippen LogP) is 4.28. The van der Waals surface area contributed by atoms with Gasteiger partial charge < -0.3 is 20.3 Å². The maximum Gasteiger partial charge on any atom is 0.416 e. The number of carbonyl (C=O) groups is 1. The van der Waals surface area contributed by atoms with Crippen LogP contribution in [0.25, 0.3) is 11.3 Å². The van der Waals surface area contributed by atoms with Crippen molar-refractivity contribution in [3.05, 3.63) is 41.1 Å². The Kier molecular flexibility index (Phi) is 6.85. The van der Waals surface area contributed by atoms with E-state index in [0.717, 1.165) is 50.3 Å². The molecule has 0 saturated heterocycles. The van der Waals surface area contributed by atoms with Crippen molar-refractivity contribution in [2.75, 3.05) is 6.54 Å². The molecule has 2 saturated carbocycles. The molecule has 0 radical (unpaired) electrons. The minimum absolute atomic E-state index is 0.124. The molecule has 0 aliphatic heterocycles. The second-order valence-electron chi connectivity index (χ2n) is 8.81. The average Bonchev–Trinajstić information content (AvgIpc) is 3.48. The lowest BCUT2D eigenvalue weighted by Gasteiger charge is -2.26. The summed E-state index contributed by atoms with van der Waals surface area (Å²) in [6.07, 6.45) is 1.50. The first-order valence-electron chi connectivity index (χ1n) is 11.2. The van der Waals surface area contributed by atoms with Gasteiger partial charge in [0, 0.05) is 23.7 Å². The van der Waals surface area contributed by atoms with E-state index in [1.165, 1.54) is 25.0 Å². The summed E-state index contributed by atoms with van der Waals surface area (Å²) in [6, 6.07) is 4.50. The fourth-order valence-electron chi connectivity index (χ4n) is 4.16. The van der Waals surface area contributed by atoms with E-state index in [0.29, 0.717) is 24.1 Å². The van der Waals surface area contributed by atoms with Crippen LogP contribution in [0.2, 0.25) is 0 Å². The fourth-order valence-corrected chi connectivity index (χ4v) is 4.16. The zero-order valence-corrected chi connectivity index (χ0v) is 17.8. The summed E-state index contributed by atoms with van der Waals surface area (Å²) in [5.41, 5.74) is 0.323. The van der Waals surface area contributed by atoms with E-state index in [1.54, 1.807) is 0 Å². The summed E-state index contributed by atoms with van der Waals surface area (Å²) in [6.45, 7) is 1.10. The Morgan fingerprint density at radius 3 is 2.56 bits per heavy atom. The van der Waals surface area contributed by atoms with Crippen LogP contribution in [-0.2, 0) is 12.7 Å². The van der Waals surface area contributed by atoms with E-state index < -0.39 is 23.8 Å². The number of alkyl halides is 3. The van der Waals surface area contributed by atoms with E-state index >= 15 is 0 Å². The molecule has 2 fully saturated rings. The second-order valence-corrected chi connectivity index (χ2v) is 8.81. The summed E-state index contributed by atoms with van der Waals surface area (Å²) in [5, 5.41) is 20.1. The molecule has 2 aromatic rings. The molecule has 0 spiro atoms. The molecule has 174 valence electrons. The Morgan fingerprint density at radius 2 is 1.91 bits per heavy atom. The molecule has 6 nitrogen and oxygen atoms in total. The van der Waals surface area contributed by atoms with Crippen molar-refractivity contribution in [1.29, 1.82) is 0 Å². The van der Waals surface area contributed by atoms with Crippen LogP contribution in [0.4, 0.5) is 13.2 Å². The lowest BCUT2D eigenvalue weighted by Crippen LogP contribution is -2.40. The molecular weight excluding hydrogens is 423 g/mol.